The van der Waals surface area contributed by atoms with Crippen molar-refractivity contribution in [1.29, 1.82) is 0 Å². The third-order valence-electron chi connectivity index (χ3n) is 3.31. The highest BCUT2D eigenvalue weighted by Crippen LogP contribution is 2.44. The minimum atomic E-state index is -0.0404. The zero-order valence-corrected chi connectivity index (χ0v) is 9.70. The van der Waals surface area contributed by atoms with Gasteiger partial charge in [-0.1, -0.05) is 52.7 Å². The van der Waals surface area contributed by atoms with Crippen molar-refractivity contribution in [2.45, 2.75) is 29.5 Å². The van der Waals surface area contributed by atoms with Crippen molar-refractivity contribution in [1.82, 2.24) is 0 Å². The van der Waals surface area contributed by atoms with E-state index < -0.39 is 0 Å². The van der Waals surface area contributed by atoms with Gasteiger partial charge in [-0.3, -0.25) is 0 Å². The molecule has 1 nitrogen and oxygen atoms in total. The van der Waals surface area contributed by atoms with Crippen LogP contribution in [0.15, 0.2) is 30.3 Å². The van der Waals surface area contributed by atoms with Crippen LogP contribution in [0.3, 0.4) is 0 Å². The summed E-state index contributed by atoms with van der Waals surface area (Å²) in [7, 11) is 0. The van der Waals surface area contributed by atoms with Gasteiger partial charge < -0.3 is 5.11 Å². The van der Waals surface area contributed by atoms with Gasteiger partial charge in [0.15, 0.2) is 0 Å². The van der Waals surface area contributed by atoms with E-state index in [2.05, 4.69) is 28.1 Å². The summed E-state index contributed by atoms with van der Waals surface area (Å²) < 4.78 is 0. The summed E-state index contributed by atoms with van der Waals surface area (Å²) in [5.41, 5.74) is 1.23. The van der Waals surface area contributed by atoms with E-state index in [4.69, 9.17) is 0 Å². The molecule has 76 valence electrons. The molecule has 1 aliphatic carbocycles. The number of hydrogen-bond acceptors (Lipinski definition) is 1. The molecule has 1 saturated carbocycles. The van der Waals surface area contributed by atoms with Crippen molar-refractivity contribution >= 4 is 15.9 Å². The molecule has 1 aliphatic rings. The monoisotopic (exact) mass is 254 g/mol. The smallest absolute Gasteiger partial charge is 0.0538 e. The van der Waals surface area contributed by atoms with Gasteiger partial charge in [-0.25, -0.2) is 0 Å². The predicted molar refractivity (Wildman–Crippen MR) is 61.8 cm³/mol. The van der Waals surface area contributed by atoms with Gasteiger partial charge in [0.1, 0.15) is 0 Å². The molecule has 2 atom stereocenters. The van der Waals surface area contributed by atoms with Crippen LogP contribution in [0, 0.1) is 0 Å². The van der Waals surface area contributed by atoms with Crippen molar-refractivity contribution in [2.75, 3.05) is 6.61 Å². The van der Waals surface area contributed by atoms with Gasteiger partial charge in [0.25, 0.3) is 0 Å². The Kier molecular flexibility index (Phi) is 2.93. The molecular weight excluding hydrogens is 240 g/mol. The molecule has 0 heterocycles. The summed E-state index contributed by atoms with van der Waals surface area (Å²) in [4.78, 5) is 0.419. The van der Waals surface area contributed by atoms with E-state index in [9.17, 15) is 5.11 Å². The van der Waals surface area contributed by atoms with E-state index in [1.165, 1.54) is 12.0 Å². The molecule has 0 saturated heterocycles. The lowest BCUT2D eigenvalue weighted by Gasteiger charge is -2.31. The first-order chi connectivity index (χ1) is 6.79. The fraction of sp³-hybridized carbons (Fsp3) is 0.500. The first-order valence-corrected chi connectivity index (χ1v) is 6.01. The summed E-state index contributed by atoms with van der Waals surface area (Å²) in [5, 5.41) is 9.61. The van der Waals surface area contributed by atoms with Crippen molar-refractivity contribution in [3.63, 3.8) is 0 Å². The van der Waals surface area contributed by atoms with Crippen molar-refractivity contribution in [3.05, 3.63) is 35.9 Å². The van der Waals surface area contributed by atoms with Crippen LogP contribution in [0.4, 0.5) is 0 Å². The van der Waals surface area contributed by atoms with Gasteiger partial charge in [-0.15, -0.1) is 0 Å². The molecule has 0 aromatic heterocycles. The highest BCUT2D eigenvalue weighted by atomic mass is 79.9. The zero-order valence-electron chi connectivity index (χ0n) is 8.12. The second kappa shape index (κ2) is 4.03. The number of aliphatic hydroxyl groups excluding tert-OH is 1. The normalized spacial score (nSPS) is 32.0. The minimum absolute atomic E-state index is 0.0404. The highest BCUT2D eigenvalue weighted by Gasteiger charge is 2.42. The molecule has 2 rings (SSSR count). The Morgan fingerprint density at radius 3 is 2.57 bits per heavy atom. The molecule has 0 unspecified atom stereocenters. The topological polar surface area (TPSA) is 20.2 Å². The first kappa shape index (κ1) is 10.2. The van der Waals surface area contributed by atoms with Crippen LogP contribution in [-0.4, -0.2) is 16.5 Å². The van der Waals surface area contributed by atoms with E-state index in [0.29, 0.717) is 4.83 Å². The Hall–Kier alpha value is -0.340. The van der Waals surface area contributed by atoms with Crippen LogP contribution in [0.5, 0.6) is 0 Å². The standard InChI is InChI=1S/C12H15BrO/c13-11-7-4-8-12(11,9-14)10-5-2-1-3-6-10/h1-3,5-6,11,14H,4,7-9H2/t11-,12+/m1/s1. The van der Waals surface area contributed by atoms with Crippen LogP contribution < -0.4 is 0 Å². The lowest BCUT2D eigenvalue weighted by atomic mass is 9.80. The second-order valence-electron chi connectivity index (χ2n) is 4.04. The van der Waals surface area contributed by atoms with E-state index in [1.807, 2.05) is 18.2 Å². The maximum absolute atomic E-state index is 9.61. The Morgan fingerprint density at radius 2 is 2.07 bits per heavy atom. The molecule has 2 heteroatoms. The molecule has 0 spiro atoms. The number of aliphatic hydroxyl groups is 1. The molecule has 1 N–H and O–H groups in total. The molecule has 0 amide bonds. The average molecular weight is 255 g/mol. The van der Waals surface area contributed by atoms with Gasteiger partial charge >= 0.3 is 0 Å². The largest absolute Gasteiger partial charge is 0.395 e. The van der Waals surface area contributed by atoms with E-state index in [1.54, 1.807) is 0 Å². The summed E-state index contributed by atoms with van der Waals surface area (Å²) in [6.45, 7) is 0.243. The number of hydrogen-bond donors (Lipinski definition) is 1. The molecule has 1 aromatic carbocycles. The van der Waals surface area contributed by atoms with Crippen molar-refractivity contribution in [3.8, 4) is 0 Å². The summed E-state index contributed by atoms with van der Waals surface area (Å²) >= 11 is 3.70. The SMILES string of the molecule is OC[C@]1(c2ccccc2)CCC[C@H]1Br. The van der Waals surface area contributed by atoms with Crippen LogP contribution in [0.2, 0.25) is 0 Å². The number of alkyl halides is 1. The van der Waals surface area contributed by atoms with Crippen LogP contribution in [-0.2, 0) is 5.41 Å². The lowest BCUT2D eigenvalue weighted by Crippen LogP contribution is -2.35. The molecule has 1 aromatic rings. The maximum atomic E-state index is 9.61. The number of rotatable bonds is 2. The lowest BCUT2D eigenvalue weighted by molar-refractivity contribution is 0.201. The third kappa shape index (κ3) is 1.51. The van der Waals surface area contributed by atoms with E-state index >= 15 is 0 Å². The van der Waals surface area contributed by atoms with Gasteiger partial charge in [-0.2, -0.15) is 0 Å². The summed E-state index contributed by atoms with van der Waals surface area (Å²) in [5.74, 6) is 0. The van der Waals surface area contributed by atoms with E-state index in [-0.39, 0.29) is 12.0 Å². The Balaban J connectivity index is 2.38. The Morgan fingerprint density at radius 1 is 1.36 bits per heavy atom. The fourth-order valence-electron chi connectivity index (χ4n) is 2.39. The van der Waals surface area contributed by atoms with E-state index in [0.717, 1.165) is 12.8 Å². The average Bonchev–Trinajstić information content (AvgIpc) is 2.62. The molecular formula is C12H15BrO. The second-order valence-corrected chi connectivity index (χ2v) is 5.15. The van der Waals surface area contributed by atoms with Crippen molar-refractivity contribution in [2.24, 2.45) is 0 Å². The molecule has 0 aliphatic heterocycles. The molecule has 0 radical (unpaired) electrons. The van der Waals surface area contributed by atoms with Gasteiger partial charge in [0.2, 0.25) is 0 Å². The predicted octanol–water partition coefficient (Wildman–Crippen LogP) is 2.86. The highest BCUT2D eigenvalue weighted by molar-refractivity contribution is 9.09. The zero-order chi connectivity index (χ0) is 10.0. The van der Waals surface area contributed by atoms with Gasteiger partial charge in [0.05, 0.1) is 6.61 Å². The number of halogens is 1. The minimum Gasteiger partial charge on any atom is -0.395 e. The molecule has 1 fully saturated rings. The quantitative estimate of drug-likeness (QED) is 0.805. The third-order valence-corrected chi connectivity index (χ3v) is 4.65. The summed E-state index contributed by atoms with van der Waals surface area (Å²) in [6.07, 6.45) is 3.45. The molecule has 0 bridgehead atoms. The van der Waals surface area contributed by atoms with Crippen LogP contribution in [0.25, 0.3) is 0 Å². The Labute approximate surface area is 93.3 Å². The van der Waals surface area contributed by atoms with Crippen molar-refractivity contribution < 1.29 is 5.11 Å². The fourth-order valence-corrected chi connectivity index (χ4v) is 3.36. The van der Waals surface area contributed by atoms with Gasteiger partial charge in [-0.05, 0) is 18.4 Å². The summed E-state index contributed by atoms with van der Waals surface area (Å²) in [6, 6.07) is 10.4. The molecule has 14 heavy (non-hydrogen) atoms. The van der Waals surface area contributed by atoms with Crippen LogP contribution >= 0.6 is 15.9 Å². The maximum Gasteiger partial charge on any atom is 0.0538 e. The van der Waals surface area contributed by atoms with Gasteiger partial charge in [0, 0.05) is 10.2 Å². The van der Waals surface area contributed by atoms with Crippen LogP contribution in [0.1, 0.15) is 24.8 Å². The Bertz CT molecular complexity index is 298. The number of benzene rings is 1. The first-order valence-electron chi connectivity index (χ1n) is 5.10.